The molecule has 0 spiro atoms. The van der Waals surface area contributed by atoms with Gasteiger partial charge in [0.05, 0.1) is 28.9 Å². The van der Waals surface area contributed by atoms with Gasteiger partial charge in [-0.1, -0.05) is 23.7 Å². The molecular formula is C21H19ClN4O2. The molecule has 0 aliphatic rings. The molecule has 4 aromatic rings. The molecule has 0 saturated heterocycles. The molecule has 28 heavy (non-hydrogen) atoms. The predicted octanol–water partition coefficient (Wildman–Crippen LogP) is 4.68. The maximum atomic E-state index is 13.2. The predicted molar refractivity (Wildman–Crippen MR) is 108 cm³/mol. The van der Waals surface area contributed by atoms with E-state index < -0.39 is 0 Å². The monoisotopic (exact) mass is 394 g/mol. The van der Waals surface area contributed by atoms with Crippen LogP contribution < -0.4 is 5.32 Å². The second-order valence-electron chi connectivity index (χ2n) is 6.69. The quantitative estimate of drug-likeness (QED) is 0.545. The van der Waals surface area contributed by atoms with Crippen molar-refractivity contribution in [2.45, 2.75) is 19.9 Å². The zero-order valence-corrected chi connectivity index (χ0v) is 16.5. The number of rotatable bonds is 4. The van der Waals surface area contributed by atoms with Crippen LogP contribution in [0.1, 0.15) is 34.6 Å². The number of aromatic nitrogens is 3. The lowest BCUT2D eigenvalue weighted by Crippen LogP contribution is -2.27. The number of benzene rings is 1. The molecule has 0 fully saturated rings. The number of amides is 1. The number of hydrogen-bond donors (Lipinski definition) is 1. The molecule has 6 nitrogen and oxygen atoms in total. The van der Waals surface area contributed by atoms with Crippen molar-refractivity contribution in [2.75, 3.05) is 0 Å². The Hall–Kier alpha value is -3.12. The number of halogens is 1. The summed E-state index contributed by atoms with van der Waals surface area (Å²) in [5.74, 6) is 0.402. The number of hydrogen-bond acceptors (Lipinski definition) is 4. The Morgan fingerprint density at radius 2 is 2.00 bits per heavy atom. The minimum absolute atomic E-state index is 0.183. The number of carbonyl (C=O) groups is 1. The molecule has 3 heterocycles. The van der Waals surface area contributed by atoms with E-state index in [9.17, 15) is 4.79 Å². The Morgan fingerprint density at radius 1 is 1.25 bits per heavy atom. The average Bonchev–Trinajstić information content (AvgIpc) is 3.30. The fraction of sp³-hybridized carbons (Fsp3) is 0.190. The molecular weight excluding hydrogens is 376 g/mol. The van der Waals surface area contributed by atoms with Crippen LogP contribution in [0.5, 0.6) is 0 Å². The SMILES string of the molecule is Cc1nn(C)c2nc(-c3ccco3)cc(C(=O)NC(C)c3ccc(Cl)cc3)c12. The van der Waals surface area contributed by atoms with Gasteiger partial charge in [-0.25, -0.2) is 4.98 Å². The molecule has 1 amide bonds. The Labute approximate surface area is 167 Å². The first kappa shape index (κ1) is 18.3. The van der Waals surface area contributed by atoms with Crippen LogP contribution in [-0.4, -0.2) is 20.7 Å². The van der Waals surface area contributed by atoms with E-state index in [2.05, 4.69) is 15.4 Å². The lowest BCUT2D eigenvalue weighted by molar-refractivity contribution is 0.0941. The van der Waals surface area contributed by atoms with Crippen molar-refractivity contribution in [3.63, 3.8) is 0 Å². The molecule has 1 N–H and O–H groups in total. The first-order chi connectivity index (χ1) is 13.4. The number of pyridine rings is 1. The number of aryl methyl sites for hydroxylation is 2. The third kappa shape index (κ3) is 3.27. The normalized spacial score (nSPS) is 12.3. The van der Waals surface area contributed by atoms with Crippen LogP contribution in [0.2, 0.25) is 5.02 Å². The Morgan fingerprint density at radius 3 is 2.68 bits per heavy atom. The van der Waals surface area contributed by atoms with Crippen molar-refractivity contribution in [1.82, 2.24) is 20.1 Å². The van der Waals surface area contributed by atoms with Crippen LogP contribution in [0, 0.1) is 6.92 Å². The highest BCUT2D eigenvalue weighted by Crippen LogP contribution is 2.27. The molecule has 1 unspecified atom stereocenters. The van der Waals surface area contributed by atoms with E-state index in [-0.39, 0.29) is 11.9 Å². The summed E-state index contributed by atoms with van der Waals surface area (Å²) in [6.07, 6.45) is 1.58. The van der Waals surface area contributed by atoms with Gasteiger partial charge in [0.15, 0.2) is 11.4 Å². The van der Waals surface area contributed by atoms with Crippen molar-refractivity contribution >= 4 is 28.5 Å². The summed E-state index contributed by atoms with van der Waals surface area (Å²) in [5.41, 5.74) is 3.46. The van der Waals surface area contributed by atoms with E-state index in [0.717, 1.165) is 16.6 Å². The Kier molecular flexibility index (Phi) is 4.65. The van der Waals surface area contributed by atoms with E-state index in [1.807, 2.05) is 51.2 Å². The zero-order valence-electron chi connectivity index (χ0n) is 15.7. The molecule has 0 radical (unpaired) electrons. The van der Waals surface area contributed by atoms with Crippen LogP contribution in [0.25, 0.3) is 22.5 Å². The molecule has 1 atom stereocenters. The van der Waals surface area contributed by atoms with E-state index in [0.29, 0.717) is 27.7 Å². The number of nitrogens with one attached hydrogen (secondary N) is 1. The van der Waals surface area contributed by atoms with Crippen LogP contribution >= 0.6 is 11.6 Å². The number of furan rings is 1. The molecule has 0 aliphatic heterocycles. The van der Waals surface area contributed by atoms with Gasteiger partial charge in [-0.2, -0.15) is 5.10 Å². The second-order valence-corrected chi connectivity index (χ2v) is 7.12. The Bertz CT molecular complexity index is 1150. The van der Waals surface area contributed by atoms with Crippen LogP contribution in [0.4, 0.5) is 0 Å². The smallest absolute Gasteiger partial charge is 0.252 e. The van der Waals surface area contributed by atoms with Gasteiger partial charge in [-0.05, 0) is 49.7 Å². The minimum Gasteiger partial charge on any atom is -0.463 e. The highest BCUT2D eigenvalue weighted by molar-refractivity contribution is 6.30. The van der Waals surface area contributed by atoms with Crippen LogP contribution in [0.3, 0.4) is 0 Å². The number of fused-ring (bicyclic) bond motifs is 1. The summed E-state index contributed by atoms with van der Waals surface area (Å²) in [6, 6.07) is 12.6. The van der Waals surface area contributed by atoms with Crippen molar-refractivity contribution in [3.8, 4) is 11.5 Å². The first-order valence-corrected chi connectivity index (χ1v) is 9.26. The zero-order chi connectivity index (χ0) is 19.8. The molecule has 4 rings (SSSR count). The molecule has 3 aromatic heterocycles. The molecule has 1 aromatic carbocycles. The summed E-state index contributed by atoms with van der Waals surface area (Å²) in [7, 11) is 1.81. The fourth-order valence-corrected chi connectivity index (χ4v) is 3.41. The fourth-order valence-electron chi connectivity index (χ4n) is 3.28. The average molecular weight is 395 g/mol. The highest BCUT2D eigenvalue weighted by atomic mass is 35.5. The van der Waals surface area contributed by atoms with Crippen molar-refractivity contribution in [2.24, 2.45) is 7.05 Å². The first-order valence-electron chi connectivity index (χ1n) is 8.88. The lowest BCUT2D eigenvalue weighted by atomic mass is 10.1. The third-order valence-electron chi connectivity index (χ3n) is 4.70. The van der Waals surface area contributed by atoms with Gasteiger partial charge >= 0.3 is 0 Å². The summed E-state index contributed by atoms with van der Waals surface area (Å²) in [6.45, 7) is 3.80. The van der Waals surface area contributed by atoms with Crippen molar-refractivity contribution in [1.29, 1.82) is 0 Å². The summed E-state index contributed by atoms with van der Waals surface area (Å²) >= 11 is 5.96. The topological polar surface area (TPSA) is 73.0 Å². The van der Waals surface area contributed by atoms with E-state index in [4.69, 9.17) is 16.0 Å². The third-order valence-corrected chi connectivity index (χ3v) is 4.96. The molecule has 142 valence electrons. The van der Waals surface area contributed by atoms with E-state index in [1.165, 1.54) is 0 Å². The Balaban J connectivity index is 1.76. The van der Waals surface area contributed by atoms with Gasteiger partial charge in [-0.15, -0.1) is 0 Å². The molecule has 0 bridgehead atoms. The van der Waals surface area contributed by atoms with Crippen LogP contribution in [0.15, 0.2) is 53.1 Å². The largest absolute Gasteiger partial charge is 0.463 e. The lowest BCUT2D eigenvalue weighted by Gasteiger charge is -2.15. The highest BCUT2D eigenvalue weighted by Gasteiger charge is 2.21. The minimum atomic E-state index is -0.196. The number of nitrogens with zero attached hydrogens (tertiary/aromatic N) is 3. The maximum Gasteiger partial charge on any atom is 0.252 e. The van der Waals surface area contributed by atoms with Gasteiger partial charge in [-0.3, -0.25) is 9.48 Å². The summed E-state index contributed by atoms with van der Waals surface area (Å²) < 4.78 is 7.15. The molecule has 0 aliphatic carbocycles. The van der Waals surface area contributed by atoms with Gasteiger partial charge < -0.3 is 9.73 Å². The van der Waals surface area contributed by atoms with Gasteiger partial charge in [0, 0.05) is 12.1 Å². The summed E-state index contributed by atoms with van der Waals surface area (Å²) in [5, 5.41) is 8.88. The van der Waals surface area contributed by atoms with E-state index in [1.54, 1.807) is 23.1 Å². The van der Waals surface area contributed by atoms with Crippen LogP contribution in [-0.2, 0) is 7.05 Å². The second kappa shape index (κ2) is 7.13. The van der Waals surface area contributed by atoms with Crippen molar-refractivity contribution in [3.05, 3.63) is 70.6 Å². The van der Waals surface area contributed by atoms with Gasteiger partial charge in [0.1, 0.15) is 5.69 Å². The van der Waals surface area contributed by atoms with Gasteiger partial charge in [0.25, 0.3) is 5.91 Å². The number of carbonyl (C=O) groups excluding carboxylic acids is 1. The standard InChI is InChI=1S/C21H19ClN4O2/c1-12(14-6-8-15(22)9-7-14)23-21(27)16-11-17(18-5-4-10-28-18)24-20-19(16)13(2)25-26(20)3/h4-12H,1-3H3,(H,23,27). The van der Waals surface area contributed by atoms with Crippen molar-refractivity contribution < 1.29 is 9.21 Å². The summed E-state index contributed by atoms with van der Waals surface area (Å²) in [4.78, 5) is 17.8. The van der Waals surface area contributed by atoms with Gasteiger partial charge in [0.2, 0.25) is 0 Å². The van der Waals surface area contributed by atoms with E-state index >= 15 is 0 Å². The molecule has 0 saturated carbocycles. The molecule has 7 heteroatoms. The maximum absolute atomic E-state index is 13.2.